The van der Waals surface area contributed by atoms with Gasteiger partial charge in [0.05, 0.1) is 0 Å². The van der Waals surface area contributed by atoms with Crippen LogP contribution in [-0.2, 0) is 4.79 Å². The summed E-state index contributed by atoms with van der Waals surface area (Å²) in [7, 11) is 0. The van der Waals surface area contributed by atoms with Gasteiger partial charge in [-0.15, -0.1) is 0 Å². The van der Waals surface area contributed by atoms with Crippen LogP contribution in [0.4, 0.5) is 0 Å². The summed E-state index contributed by atoms with van der Waals surface area (Å²) >= 11 is 0. The second-order valence-corrected chi connectivity index (χ2v) is 3.62. The van der Waals surface area contributed by atoms with E-state index in [0.717, 1.165) is 12.0 Å². The maximum Gasteiger partial charge on any atom is 0.207 e. The molecule has 76 valence electrons. The van der Waals surface area contributed by atoms with E-state index in [0.29, 0.717) is 0 Å². The van der Waals surface area contributed by atoms with Crippen LogP contribution in [-0.4, -0.2) is 16.7 Å². The van der Waals surface area contributed by atoms with Crippen molar-refractivity contribution in [3.05, 3.63) is 23.8 Å². The number of ketones is 1. The highest BCUT2D eigenvalue weighted by atomic mass is 16.4. The first-order valence-electron chi connectivity index (χ1n) is 4.72. The fourth-order valence-corrected chi connectivity index (χ4v) is 1.71. The molecule has 0 aliphatic heterocycles. The van der Waals surface area contributed by atoms with Crippen LogP contribution in [0, 0.1) is 5.41 Å². The van der Waals surface area contributed by atoms with Crippen LogP contribution in [0.1, 0.15) is 27.2 Å². The lowest BCUT2D eigenvalue weighted by atomic mass is 9.73. The quantitative estimate of drug-likeness (QED) is 0.513. The van der Waals surface area contributed by atoms with Gasteiger partial charge in [0.25, 0.3) is 0 Å². The zero-order valence-corrected chi connectivity index (χ0v) is 8.74. The number of nitrogens with zero attached hydrogens (tertiary/aromatic N) is 1. The average Bonchev–Trinajstić information content (AvgIpc) is 2.21. The van der Waals surface area contributed by atoms with E-state index in [2.05, 4.69) is 5.16 Å². The predicted octanol–water partition coefficient (Wildman–Crippen LogP) is 2.32. The molecule has 0 spiro atoms. The van der Waals surface area contributed by atoms with E-state index >= 15 is 0 Å². The zero-order chi connectivity index (χ0) is 10.8. The second-order valence-electron chi connectivity index (χ2n) is 3.62. The SMILES string of the molecule is C/C=C1/C(=NO)C(=O)C=CC1(C)CC. The summed E-state index contributed by atoms with van der Waals surface area (Å²) in [5, 5.41) is 11.9. The number of carbonyl (C=O) groups excluding carboxylic acids is 1. The minimum Gasteiger partial charge on any atom is -0.410 e. The van der Waals surface area contributed by atoms with Crippen LogP contribution in [0.5, 0.6) is 0 Å². The van der Waals surface area contributed by atoms with Crippen molar-refractivity contribution >= 4 is 11.5 Å². The van der Waals surface area contributed by atoms with Crippen molar-refractivity contribution in [1.29, 1.82) is 0 Å². The molecular weight excluding hydrogens is 178 g/mol. The third-order valence-corrected chi connectivity index (χ3v) is 2.83. The minimum absolute atomic E-state index is 0.166. The molecule has 0 radical (unpaired) electrons. The first-order chi connectivity index (χ1) is 6.59. The zero-order valence-electron chi connectivity index (χ0n) is 8.74. The lowest BCUT2D eigenvalue weighted by Crippen LogP contribution is -2.31. The minimum atomic E-state index is -0.230. The summed E-state index contributed by atoms with van der Waals surface area (Å²) in [6.07, 6.45) is 6.06. The summed E-state index contributed by atoms with van der Waals surface area (Å²) in [4.78, 5) is 11.4. The molecule has 0 aromatic rings. The van der Waals surface area contributed by atoms with Crippen molar-refractivity contribution in [2.75, 3.05) is 0 Å². The summed E-state index contributed by atoms with van der Waals surface area (Å²) in [5.74, 6) is -0.230. The summed E-state index contributed by atoms with van der Waals surface area (Å²) in [6, 6.07) is 0. The highest BCUT2D eigenvalue weighted by Gasteiger charge is 2.33. The molecule has 0 amide bonds. The van der Waals surface area contributed by atoms with Crippen molar-refractivity contribution < 1.29 is 10.0 Å². The van der Waals surface area contributed by atoms with Gasteiger partial charge in [0, 0.05) is 5.41 Å². The van der Waals surface area contributed by atoms with Crippen molar-refractivity contribution in [2.24, 2.45) is 10.6 Å². The monoisotopic (exact) mass is 193 g/mol. The van der Waals surface area contributed by atoms with Gasteiger partial charge in [0.15, 0.2) is 5.71 Å². The van der Waals surface area contributed by atoms with E-state index in [1.807, 2.05) is 32.9 Å². The third-order valence-electron chi connectivity index (χ3n) is 2.83. The highest BCUT2D eigenvalue weighted by molar-refractivity contribution is 6.50. The molecular formula is C11H15NO2. The number of hydrogen-bond acceptors (Lipinski definition) is 3. The number of hydrogen-bond donors (Lipinski definition) is 1. The lowest BCUT2D eigenvalue weighted by Gasteiger charge is -2.30. The summed E-state index contributed by atoms with van der Waals surface area (Å²) in [5.41, 5.74) is 0.777. The fraction of sp³-hybridized carbons (Fsp3) is 0.455. The van der Waals surface area contributed by atoms with Crippen LogP contribution in [0.3, 0.4) is 0 Å². The normalized spacial score (nSPS) is 32.9. The Balaban J connectivity index is 3.30. The molecule has 0 bridgehead atoms. The van der Waals surface area contributed by atoms with Crippen LogP contribution in [0.25, 0.3) is 0 Å². The molecule has 1 N–H and O–H groups in total. The van der Waals surface area contributed by atoms with E-state index in [9.17, 15) is 4.79 Å². The molecule has 0 aromatic carbocycles. The smallest absolute Gasteiger partial charge is 0.207 e. The van der Waals surface area contributed by atoms with Gasteiger partial charge in [-0.2, -0.15) is 0 Å². The highest BCUT2D eigenvalue weighted by Crippen LogP contribution is 2.36. The Morgan fingerprint density at radius 1 is 1.64 bits per heavy atom. The molecule has 1 aliphatic rings. The maximum absolute atomic E-state index is 11.4. The van der Waals surface area contributed by atoms with Crippen molar-refractivity contribution in [2.45, 2.75) is 27.2 Å². The van der Waals surface area contributed by atoms with Gasteiger partial charge in [0.2, 0.25) is 5.78 Å². The third kappa shape index (κ3) is 1.50. The van der Waals surface area contributed by atoms with Crippen LogP contribution < -0.4 is 0 Å². The molecule has 0 heterocycles. The summed E-state index contributed by atoms with van der Waals surface area (Å²) < 4.78 is 0. The molecule has 1 aliphatic carbocycles. The lowest BCUT2D eigenvalue weighted by molar-refractivity contribution is -0.109. The van der Waals surface area contributed by atoms with E-state index in [1.165, 1.54) is 6.08 Å². The molecule has 14 heavy (non-hydrogen) atoms. The predicted molar refractivity (Wildman–Crippen MR) is 55.5 cm³/mol. The maximum atomic E-state index is 11.4. The molecule has 0 fully saturated rings. The largest absolute Gasteiger partial charge is 0.410 e. The van der Waals surface area contributed by atoms with Gasteiger partial charge >= 0.3 is 0 Å². The number of rotatable bonds is 1. The molecule has 3 heteroatoms. The topological polar surface area (TPSA) is 49.7 Å². The van der Waals surface area contributed by atoms with Crippen LogP contribution >= 0.6 is 0 Å². The fourth-order valence-electron chi connectivity index (χ4n) is 1.71. The molecule has 3 nitrogen and oxygen atoms in total. The molecule has 1 atom stereocenters. The van der Waals surface area contributed by atoms with Gasteiger partial charge in [-0.1, -0.05) is 31.2 Å². The van der Waals surface area contributed by atoms with Crippen LogP contribution in [0.15, 0.2) is 29.0 Å². The standard InChI is InChI=1S/C11H15NO2/c1-4-8-10(12-14)9(13)6-7-11(8,3)5-2/h4,6-7,14H,5H2,1-3H3/b8-4-,12-10?. The Morgan fingerprint density at radius 3 is 2.71 bits per heavy atom. The molecule has 1 rings (SSSR count). The number of carbonyl (C=O) groups is 1. The number of allylic oxidation sites excluding steroid dienone is 4. The van der Waals surface area contributed by atoms with Crippen molar-refractivity contribution in [3.8, 4) is 0 Å². The first-order valence-corrected chi connectivity index (χ1v) is 4.72. The first kappa shape index (κ1) is 10.7. The average molecular weight is 193 g/mol. The van der Waals surface area contributed by atoms with E-state index in [-0.39, 0.29) is 16.9 Å². The molecule has 1 unspecified atom stereocenters. The van der Waals surface area contributed by atoms with E-state index in [4.69, 9.17) is 5.21 Å². The van der Waals surface area contributed by atoms with Gasteiger partial charge in [0.1, 0.15) is 0 Å². The molecule has 0 saturated carbocycles. The summed E-state index contributed by atoms with van der Waals surface area (Å²) in [6.45, 7) is 5.91. The van der Waals surface area contributed by atoms with Crippen molar-refractivity contribution in [3.63, 3.8) is 0 Å². The Kier molecular flexibility index (Phi) is 2.89. The van der Waals surface area contributed by atoms with Crippen LogP contribution in [0.2, 0.25) is 0 Å². The Labute approximate surface area is 83.8 Å². The Hall–Kier alpha value is -1.38. The van der Waals surface area contributed by atoms with Gasteiger partial charge < -0.3 is 5.21 Å². The van der Waals surface area contributed by atoms with Gasteiger partial charge in [-0.05, 0) is 25.0 Å². The van der Waals surface area contributed by atoms with E-state index < -0.39 is 0 Å². The second kappa shape index (κ2) is 3.78. The van der Waals surface area contributed by atoms with E-state index in [1.54, 1.807) is 0 Å². The van der Waals surface area contributed by atoms with Gasteiger partial charge in [-0.3, -0.25) is 4.79 Å². The van der Waals surface area contributed by atoms with Gasteiger partial charge in [-0.25, -0.2) is 0 Å². The molecule has 0 aromatic heterocycles. The Bertz CT molecular complexity index is 339. The Morgan fingerprint density at radius 2 is 2.29 bits per heavy atom. The molecule has 0 saturated heterocycles. The van der Waals surface area contributed by atoms with Crippen molar-refractivity contribution in [1.82, 2.24) is 0 Å². The number of oxime groups is 1.